The fraction of sp³-hybridized carbons (Fsp3) is 0.324. The van der Waals surface area contributed by atoms with Crippen LogP contribution in [0.5, 0.6) is 0 Å². The molecule has 1 aliphatic rings. The minimum absolute atomic E-state index is 0.0268. The van der Waals surface area contributed by atoms with Crippen molar-refractivity contribution in [3.63, 3.8) is 0 Å². The molecule has 0 spiro atoms. The summed E-state index contributed by atoms with van der Waals surface area (Å²) in [4.78, 5) is 32.9. The van der Waals surface area contributed by atoms with Gasteiger partial charge in [0.1, 0.15) is 0 Å². The van der Waals surface area contributed by atoms with Gasteiger partial charge >= 0.3 is 0 Å². The summed E-state index contributed by atoms with van der Waals surface area (Å²) in [6.45, 7) is 3.13. The van der Waals surface area contributed by atoms with Gasteiger partial charge in [0.2, 0.25) is 11.8 Å². The van der Waals surface area contributed by atoms with E-state index in [1.54, 1.807) is 6.92 Å². The van der Waals surface area contributed by atoms with Gasteiger partial charge in [0.25, 0.3) is 0 Å². The normalized spacial score (nSPS) is 17.6. The molecule has 1 fully saturated rings. The maximum Gasteiger partial charge on any atom is 0.239 e. The zero-order valence-electron chi connectivity index (χ0n) is 25.9. The van der Waals surface area contributed by atoms with Gasteiger partial charge in [-0.15, -0.1) is 0 Å². The molecule has 3 atom stereocenters. The van der Waals surface area contributed by atoms with Gasteiger partial charge in [-0.3, -0.25) is 14.6 Å². The summed E-state index contributed by atoms with van der Waals surface area (Å²) < 4.78 is 0. The Bertz CT molecular complexity index is 1550. The van der Waals surface area contributed by atoms with Crippen LogP contribution in [0, 0.1) is 0 Å². The van der Waals surface area contributed by atoms with Crippen LogP contribution in [0.15, 0.2) is 108 Å². The minimum Gasteiger partial charge on any atom is -0.370 e. The Morgan fingerprint density at radius 2 is 1.58 bits per heavy atom. The highest BCUT2D eigenvalue weighted by Crippen LogP contribution is 2.28. The number of carbonyl (C=O) groups excluding carboxylic acids is 2. The summed E-state index contributed by atoms with van der Waals surface area (Å²) in [5.41, 5.74) is 14.6. The fourth-order valence-corrected chi connectivity index (χ4v) is 6.42. The first-order valence-corrected chi connectivity index (χ1v) is 15.8. The van der Waals surface area contributed by atoms with Crippen LogP contribution in [0.2, 0.25) is 0 Å². The maximum atomic E-state index is 14.3. The zero-order chi connectivity index (χ0) is 31.6. The molecule has 2 amide bonds. The topological polar surface area (TPSA) is 126 Å². The fourth-order valence-electron chi connectivity index (χ4n) is 6.42. The lowest BCUT2D eigenvalue weighted by Crippen LogP contribution is -2.54. The molecule has 0 saturated carbocycles. The molecular weight excluding hydrogens is 560 g/mol. The van der Waals surface area contributed by atoms with E-state index in [-0.39, 0.29) is 35.8 Å². The monoisotopic (exact) mass is 604 g/mol. The number of benzene rings is 4. The second-order valence-corrected chi connectivity index (χ2v) is 11.9. The molecule has 4 aromatic rings. The van der Waals surface area contributed by atoms with Crippen LogP contribution in [0.3, 0.4) is 0 Å². The van der Waals surface area contributed by atoms with Crippen molar-refractivity contribution in [2.24, 2.45) is 16.5 Å². The van der Waals surface area contributed by atoms with Gasteiger partial charge < -0.3 is 27.0 Å². The molecule has 0 radical (unpaired) electrons. The first-order valence-electron chi connectivity index (χ1n) is 15.8. The number of carbonyl (C=O) groups is 2. The number of fused-ring (bicyclic) bond motifs is 1. The molecule has 5 rings (SSSR count). The van der Waals surface area contributed by atoms with Gasteiger partial charge in [-0.2, -0.15) is 0 Å². The average molecular weight is 605 g/mol. The van der Waals surface area contributed by atoms with Crippen molar-refractivity contribution >= 4 is 28.5 Å². The second kappa shape index (κ2) is 15.3. The van der Waals surface area contributed by atoms with E-state index in [4.69, 9.17) is 11.5 Å². The molecule has 4 aromatic carbocycles. The van der Waals surface area contributed by atoms with E-state index in [2.05, 4.69) is 70.2 Å². The Morgan fingerprint density at radius 1 is 0.933 bits per heavy atom. The third-order valence-corrected chi connectivity index (χ3v) is 8.63. The van der Waals surface area contributed by atoms with Crippen LogP contribution in [0.4, 0.5) is 0 Å². The van der Waals surface area contributed by atoms with Crippen molar-refractivity contribution < 1.29 is 9.59 Å². The number of aliphatic imine (C=N–C) groups is 1. The third-order valence-electron chi connectivity index (χ3n) is 8.63. The molecule has 1 saturated heterocycles. The summed E-state index contributed by atoms with van der Waals surface area (Å²) in [5, 5.41) is 9.24. The van der Waals surface area contributed by atoms with Crippen LogP contribution in [0.25, 0.3) is 10.8 Å². The number of rotatable bonds is 12. The predicted octanol–water partition coefficient (Wildman–Crippen LogP) is 4.33. The lowest BCUT2D eigenvalue weighted by molar-refractivity contribution is -0.133. The van der Waals surface area contributed by atoms with Crippen molar-refractivity contribution in [3.05, 3.63) is 120 Å². The molecule has 1 aliphatic heterocycles. The Labute approximate surface area is 265 Å². The minimum atomic E-state index is -0.438. The van der Waals surface area contributed by atoms with Gasteiger partial charge in [-0.05, 0) is 53.1 Å². The van der Waals surface area contributed by atoms with E-state index in [0.29, 0.717) is 45.3 Å². The Morgan fingerprint density at radius 3 is 2.22 bits per heavy atom. The highest BCUT2D eigenvalue weighted by atomic mass is 16.2. The van der Waals surface area contributed by atoms with Gasteiger partial charge in [-0.1, -0.05) is 103 Å². The van der Waals surface area contributed by atoms with E-state index in [0.717, 1.165) is 10.9 Å². The standard InChI is InChI=1S/C37H44N6O2/c1-26(44)41-35(24-27-18-19-28-11-8-9-16-31(28)23-27)33-20-22-43(36(45)34(42-33)17-10-21-40-37(38)39)25-32(29-12-4-2-5-13-29)30-14-6-3-7-15-30/h2-9,11-16,18-19,23,32-35,42H,10,17,20-22,24-25H2,1H3,(H,41,44)(H4,38,39,40)/t33-,34-,35+/m0/s1. The molecule has 0 bridgehead atoms. The Kier molecular flexibility index (Phi) is 10.8. The van der Waals surface area contributed by atoms with E-state index >= 15 is 0 Å². The van der Waals surface area contributed by atoms with Crippen molar-refractivity contribution in [1.82, 2.24) is 15.5 Å². The number of hydrogen-bond donors (Lipinski definition) is 4. The molecule has 234 valence electrons. The summed E-state index contributed by atoms with van der Waals surface area (Å²) in [6, 6.07) is 34.7. The van der Waals surface area contributed by atoms with Gasteiger partial charge in [0.15, 0.2) is 5.96 Å². The van der Waals surface area contributed by atoms with Gasteiger partial charge in [0.05, 0.1) is 6.04 Å². The first kappa shape index (κ1) is 31.7. The van der Waals surface area contributed by atoms with E-state index in [1.807, 2.05) is 53.4 Å². The van der Waals surface area contributed by atoms with Crippen molar-refractivity contribution in [3.8, 4) is 0 Å². The van der Waals surface area contributed by atoms with Gasteiger partial charge in [-0.25, -0.2) is 0 Å². The smallest absolute Gasteiger partial charge is 0.239 e. The molecule has 6 N–H and O–H groups in total. The predicted molar refractivity (Wildman–Crippen MR) is 182 cm³/mol. The SMILES string of the molecule is CC(=O)N[C@H](Cc1ccc2ccccc2c1)[C@@H]1CCN(CC(c2ccccc2)c2ccccc2)C(=O)[C@H](CCCN=C(N)N)N1. The molecular formula is C37H44N6O2. The molecule has 0 aliphatic carbocycles. The molecule has 0 aromatic heterocycles. The Balaban J connectivity index is 1.42. The van der Waals surface area contributed by atoms with Crippen molar-refractivity contribution in [2.75, 3.05) is 19.6 Å². The van der Waals surface area contributed by atoms with Gasteiger partial charge in [0, 0.05) is 44.6 Å². The number of nitrogens with two attached hydrogens (primary N) is 2. The highest BCUT2D eigenvalue weighted by Gasteiger charge is 2.35. The number of nitrogens with zero attached hydrogens (tertiary/aromatic N) is 2. The highest BCUT2D eigenvalue weighted by molar-refractivity contribution is 5.83. The van der Waals surface area contributed by atoms with E-state index in [9.17, 15) is 9.59 Å². The van der Waals surface area contributed by atoms with Crippen LogP contribution < -0.4 is 22.1 Å². The summed E-state index contributed by atoms with van der Waals surface area (Å²) >= 11 is 0. The molecule has 45 heavy (non-hydrogen) atoms. The maximum absolute atomic E-state index is 14.3. The van der Waals surface area contributed by atoms with Crippen molar-refractivity contribution in [1.29, 1.82) is 0 Å². The Hall–Kier alpha value is -4.69. The third kappa shape index (κ3) is 8.70. The van der Waals surface area contributed by atoms with Crippen LogP contribution in [0.1, 0.15) is 48.8 Å². The number of guanidine groups is 1. The molecule has 8 nitrogen and oxygen atoms in total. The second-order valence-electron chi connectivity index (χ2n) is 11.9. The summed E-state index contributed by atoms with van der Waals surface area (Å²) in [5.74, 6) is 0.0437. The molecule has 1 heterocycles. The van der Waals surface area contributed by atoms with Crippen LogP contribution in [-0.2, 0) is 16.0 Å². The lowest BCUT2D eigenvalue weighted by atomic mass is 9.90. The van der Waals surface area contributed by atoms with Crippen molar-refractivity contribution in [2.45, 2.75) is 56.7 Å². The average Bonchev–Trinajstić information content (AvgIpc) is 3.20. The largest absolute Gasteiger partial charge is 0.370 e. The quantitative estimate of drug-likeness (QED) is 0.109. The first-order chi connectivity index (χ1) is 21.9. The molecule has 0 unspecified atom stereocenters. The van der Waals surface area contributed by atoms with Crippen LogP contribution >= 0.6 is 0 Å². The summed E-state index contributed by atoms with van der Waals surface area (Å²) in [7, 11) is 0. The van der Waals surface area contributed by atoms with E-state index < -0.39 is 6.04 Å². The number of hydrogen-bond acceptors (Lipinski definition) is 4. The molecule has 8 heteroatoms. The van der Waals surface area contributed by atoms with Crippen LogP contribution in [-0.4, -0.2) is 60.4 Å². The number of amides is 2. The summed E-state index contributed by atoms with van der Waals surface area (Å²) in [6.07, 6.45) is 2.57. The lowest BCUT2D eigenvalue weighted by Gasteiger charge is -2.30. The van der Waals surface area contributed by atoms with E-state index in [1.165, 1.54) is 16.5 Å². The number of nitrogens with one attached hydrogen (secondary N) is 2. The zero-order valence-corrected chi connectivity index (χ0v) is 25.9.